The average Bonchev–Trinajstić information content (AvgIpc) is 2.88. The summed E-state index contributed by atoms with van der Waals surface area (Å²) in [6.45, 7) is 6.75. The van der Waals surface area contributed by atoms with Gasteiger partial charge in [-0.3, -0.25) is 14.4 Å². The number of methoxy groups -OCH3 is 2. The Labute approximate surface area is 193 Å². The zero-order valence-electron chi connectivity index (χ0n) is 19.5. The Balaban J connectivity index is 2.31. The second-order valence-electron chi connectivity index (χ2n) is 9.14. The number of aliphatic hydroxyl groups is 2. The van der Waals surface area contributed by atoms with Crippen molar-refractivity contribution < 1.29 is 43.5 Å². The maximum Gasteiger partial charge on any atom is 0.318 e. The fourth-order valence-electron chi connectivity index (χ4n) is 5.55. The smallest absolute Gasteiger partial charge is 0.318 e. The Kier molecular flexibility index (Phi) is 6.77. The minimum absolute atomic E-state index is 0.0374. The molecule has 2 aliphatic carbocycles. The predicted octanol–water partition coefficient (Wildman–Crippen LogP) is 1.93. The number of carbonyl (C=O) groups is 3. The van der Waals surface area contributed by atoms with Gasteiger partial charge in [0.25, 0.3) is 0 Å². The van der Waals surface area contributed by atoms with Crippen molar-refractivity contribution in [1.29, 1.82) is 0 Å². The zero-order valence-corrected chi connectivity index (χ0v) is 19.5. The van der Waals surface area contributed by atoms with Crippen molar-refractivity contribution in [2.45, 2.75) is 57.8 Å². The van der Waals surface area contributed by atoms with Crippen LogP contribution in [0.15, 0.2) is 35.6 Å². The molecule has 1 aliphatic heterocycles. The molecule has 0 aromatic carbocycles. The molecule has 0 unspecified atom stereocenters. The van der Waals surface area contributed by atoms with E-state index >= 15 is 0 Å². The SMILES string of the molecule is C=C1CCC[C@@]2(O)OC3=C([C@H](C(=O)OC)[C@]2(CCOC(C)=O)C1)[C@](C)(C(=O)OC)[C@@H](O)C=C3. The second kappa shape index (κ2) is 8.95. The Morgan fingerprint density at radius 3 is 2.58 bits per heavy atom. The van der Waals surface area contributed by atoms with Gasteiger partial charge in [-0.25, -0.2) is 0 Å². The molecule has 0 aromatic heterocycles. The summed E-state index contributed by atoms with van der Waals surface area (Å²) in [5.74, 6) is -4.92. The van der Waals surface area contributed by atoms with Gasteiger partial charge in [-0.2, -0.15) is 0 Å². The summed E-state index contributed by atoms with van der Waals surface area (Å²) >= 11 is 0. The number of fused-ring (bicyclic) bond motifs is 1. The van der Waals surface area contributed by atoms with E-state index in [1.165, 1.54) is 40.2 Å². The lowest BCUT2D eigenvalue weighted by Gasteiger charge is -2.56. The first-order chi connectivity index (χ1) is 15.5. The Morgan fingerprint density at radius 1 is 1.27 bits per heavy atom. The summed E-state index contributed by atoms with van der Waals surface area (Å²) in [5.41, 5.74) is -2.11. The third-order valence-electron chi connectivity index (χ3n) is 7.26. The highest BCUT2D eigenvalue weighted by Crippen LogP contribution is 2.62. The third-order valence-corrected chi connectivity index (χ3v) is 7.26. The normalized spacial score (nSPS) is 35.5. The summed E-state index contributed by atoms with van der Waals surface area (Å²) in [7, 11) is 2.41. The van der Waals surface area contributed by atoms with Crippen LogP contribution in [0.5, 0.6) is 0 Å². The molecule has 3 aliphatic rings. The Hall–Kier alpha value is -2.65. The van der Waals surface area contributed by atoms with Gasteiger partial charge in [0.05, 0.1) is 38.3 Å². The van der Waals surface area contributed by atoms with E-state index in [1.807, 2.05) is 0 Å². The molecule has 1 saturated carbocycles. The molecule has 0 saturated heterocycles. The molecule has 0 aromatic rings. The number of aliphatic hydroxyl groups excluding tert-OH is 1. The number of ether oxygens (including phenoxy) is 4. The van der Waals surface area contributed by atoms with Crippen LogP contribution in [0, 0.1) is 16.7 Å². The van der Waals surface area contributed by atoms with Crippen molar-refractivity contribution in [3.63, 3.8) is 0 Å². The van der Waals surface area contributed by atoms with Crippen LogP contribution >= 0.6 is 0 Å². The van der Waals surface area contributed by atoms with Gasteiger partial charge in [0.15, 0.2) is 0 Å². The van der Waals surface area contributed by atoms with E-state index in [0.29, 0.717) is 12.8 Å². The van der Waals surface area contributed by atoms with Crippen LogP contribution in [0.4, 0.5) is 0 Å². The summed E-state index contributed by atoms with van der Waals surface area (Å²) in [5, 5.41) is 22.8. The third kappa shape index (κ3) is 3.87. The number of hydrogen-bond acceptors (Lipinski definition) is 9. The summed E-state index contributed by atoms with van der Waals surface area (Å²) in [6, 6.07) is 0. The number of esters is 3. The fourth-order valence-corrected chi connectivity index (χ4v) is 5.55. The van der Waals surface area contributed by atoms with Gasteiger partial charge in [-0.15, -0.1) is 0 Å². The quantitative estimate of drug-likeness (QED) is 0.356. The summed E-state index contributed by atoms with van der Waals surface area (Å²) < 4.78 is 21.5. The van der Waals surface area contributed by atoms with Gasteiger partial charge in [0.2, 0.25) is 5.79 Å². The van der Waals surface area contributed by atoms with Crippen LogP contribution in [0.25, 0.3) is 0 Å². The molecule has 33 heavy (non-hydrogen) atoms. The maximum absolute atomic E-state index is 13.4. The minimum Gasteiger partial charge on any atom is -0.469 e. The second-order valence-corrected chi connectivity index (χ2v) is 9.14. The molecule has 0 bridgehead atoms. The molecule has 3 rings (SSSR count). The molecule has 9 heteroatoms. The van der Waals surface area contributed by atoms with E-state index in [0.717, 1.165) is 5.57 Å². The summed E-state index contributed by atoms with van der Waals surface area (Å²) in [4.78, 5) is 37.9. The Morgan fingerprint density at radius 2 is 1.97 bits per heavy atom. The van der Waals surface area contributed by atoms with Gasteiger partial charge in [0, 0.05) is 18.9 Å². The van der Waals surface area contributed by atoms with E-state index in [4.69, 9.17) is 18.9 Å². The molecule has 0 spiro atoms. The first-order valence-electron chi connectivity index (χ1n) is 11.0. The van der Waals surface area contributed by atoms with Crippen LogP contribution in [0.3, 0.4) is 0 Å². The van der Waals surface area contributed by atoms with Crippen molar-refractivity contribution in [3.8, 4) is 0 Å². The van der Waals surface area contributed by atoms with Crippen LogP contribution < -0.4 is 0 Å². The van der Waals surface area contributed by atoms with Gasteiger partial charge in [-0.05, 0) is 38.7 Å². The van der Waals surface area contributed by atoms with Gasteiger partial charge < -0.3 is 29.2 Å². The molecule has 5 atom stereocenters. The monoisotopic (exact) mass is 464 g/mol. The van der Waals surface area contributed by atoms with Crippen molar-refractivity contribution in [3.05, 3.63) is 35.6 Å². The largest absolute Gasteiger partial charge is 0.469 e. The van der Waals surface area contributed by atoms with Crippen molar-refractivity contribution >= 4 is 17.9 Å². The lowest BCUT2D eigenvalue weighted by molar-refractivity contribution is -0.285. The molecule has 2 N–H and O–H groups in total. The van der Waals surface area contributed by atoms with Gasteiger partial charge in [0.1, 0.15) is 11.2 Å². The number of rotatable bonds is 5. The fraction of sp³-hybridized carbons (Fsp3) is 0.625. The Bertz CT molecular complexity index is 919. The van der Waals surface area contributed by atoms with E-state index in [-0.39, 0.29) is 37.2 Å². The predicted molar refractivity (Wildman–Crippen MR) is 115 cm³/mol. The highest BCUT2D eigenvalue weighted by Gasteiger charge is 2.68. The molecule has 0 radical (unpaired) electrons. The molecule has 0 amide bonds. The van der Waals surface area contributed by atoms with Crippen LogP contribution in [0.2, 0.25) is 0 Å². The summed E-state index contributed by atoms with van der Waals surface area (Å²) in [6.07, 6.45) is 3.05. The van der Waals surface area contributed by atoms with Gasteiger partial charge in [-0.1, -0.05) is 18.2 Å². The zero-order chi connectivity index (χ0) is 24.6. The molecular weight excluding hydrogens is 432 g/mol. The first-order valence-corrected chi connectivity index (χ1v) is 11.0. The highest BCUT2D eigenvalue weighted by atomic mass is 16.6. The highest BCUT2D eigenvalue weighted by molar-refractivity contribution is 5.87. The van der Waals surface area contributed by atoms with Crippen molar-refractivity contribution in [2.75, 3.05) is 20.8 Å². The molecule has 1 heterocycles. The van der Waals surface area contributed by atoms with E-state index in [9.17, 15) is 24.6 Å². The van der Waals surface area contributed by atoms with E-state index in [2.05, 4.69) is 6.58 Å². The number of hydrogen-bond donors (Lipinski definition) is 2. The van der Waals surface area contributed by atoms with E-state index < -0.39 is 46.5 Å². The minimum atomic E-state index is -1.84. The average molecular weight is 465 g/mol. The lowest BCUT2D eigenvalue weighted by atomic mass is 9.54. The van der Waals surface area contributed by atoms with E-state index in [1.54, 1.807) is 0 Å². The standard InChI is InChI=1S/C24H32O9/c1-14-7-6-10-24(29)23(13-14,11-12-32-15(2)25)19(20(27)30-4)18-16(33-24)8-9-17(26)22(18,3)21(28)31-5/h8-9,17,19,26,29H,1,6-7,10-13H2,2-5H3/t17-,19+,22+,23-,24+/m0/s1. The van der Waals surface area contributed by atoms with Crippen molar-refractivity contribution in [2.24, 2.45) is 16.7 Å². The van der Waals surface area contributed by atoms with Crippen molar-refractivity contribution in [1.82, 2.24) is 0 Å². The molecule has 1 fully saturated rings. The lowest BCUT2D eigenvalue weighted by Crippen LogP contribution is -2.63. The number of allylic oxidation sites excluding steroid dienone is 2. The molecule has 9 nitrogen and oxygen atoms in total. The van der Waals surface area contributed by atoms with Crippen LogP contribution in [0.1, 0.15) is 46.0 Å². The first kappa shape index (κ1) is 25.0. The topological polar surface area (TPSA) is 129 Å². The molecular formula is C24H32O9. The van der Waals surface area contributed by atoms with Gasteiger partial charge >= 0.3 is 17.9 Å². The van der Waals surface area contributed by atoms with Crippen LogP contribution in [-0.4, -0.2) is 60.8 Å². The molecule has 182 valence electrons. The number of carbonyl (C=O) groups excluding carboxylic acids is 3. The van der Waals surface area contributed by atoms with Crippen LogP contribution in [-0.2, 0) is 33.3 Å². The maximum atomic E-state index is 13.4.